The van der Waals surface area contributed by atoms with E-state index in [9.17, 15) is 14.0 Å². The summed E-state index contributed by atoms with van der Waals surface area (Å²) in [6.07, 6.45) is 4.73. The third kappa shape index (κ3) is 7.03. The second-order valence-corrected chi connectivity index (χ2v) is 5.37. The van der Waals surface area contributed by atoms with Crippen LogP contribution >= 0.6 is 0 Å². The Hall–Kier alpha value is -2.90. The number of aromatic amines is 1. The molecule has 2 rings (SSSR count). The van der Waals surface area contributed by atoms with Crippen LogP contribution in [0, 0.1) is 5.82 Å². The van der Waals surface area contributed by atoms with Gasteiger partial charge in [-0.05, 0) is 25.0 Å². The molecule has 0 saturated heterocycles. The molecule has 3 N–H and O–H groups in total. The maximum absolute atomic E-state index is 13.3. The molecular weight excluding hydrogens is 327 g/mol. The largest absolute Gasteiger partial charge is 0.491 e. The quantitative estimate of drug-likeness (QED) is 0.574. The van der Waals surface area contributed by atoms with Crippen molar-refractivity contribution in [3.05, 3.63) is 42.5 Å². The molecule has 1 heterocycles. The summed E-state index contributed by atoms with van der Waals surface area (Å²) in [5.74, 6) is -0.478. The highest BCUT2D eigenvalue weighted by Gasteiger charge is 2.05. The third-order valence-electron chi connectivity index (χ3n) is 3.33. The highest BCUT2D eigenvalue weighted by atomic mass is 19.1. The number of nitrogens with zero attached hydrogens (tertiary/aromatic N) is 1. The number of benzene rings is 1. The number of hydrogen-bond acceptors (Lipinski definition) is 4. The van der Waals surface area contributed by atoms with E-state index in [0.29, 0.717) is 31.5 Å². The number of halogens is 1. The zero-order valence-electron chi connectivity index (χ0n) is 13.8. The van der Waals surface area contributed by atoms with Gasteiger partial charge in [-0.1, -0.05) is 12.1 Å². The van der Waals surface area contributed by atoms with E-state index in [1.165, 1.54) is 12.3 Å². The van der Waals surface area contributed by atoms with Crippen molar-refractivity contribution < 1.29 is 18.7 Å². The SMILES string of the molecule is O=C(CCCOc1ccccc1F)NCCCC(=O)Nc1cn[nH]c1. The van der Waals surface area contributed by atoms with E-state index in [1.54, 1.807) is 24.4 Å². The monoisotopic (exact) mass is 348 g/mol. The predicted octanol–water partition coefficient (Wildman–Crippen LogP) is 2.24. The van der Waals surface area contributed by atoms with Crippen LogP contribution in [0.15, 0.2) is 36.7 Å². The normalized spacial score (nSPS) is 10.3. The molecule has 0 unspecified atom stereocenters. The van der Waals surface area contributed by atoms with Crippen LogP contribution < -0.4 is 15.4 Å². The molecule has 7 nitrogen and oxygen atoms in total. The number of carbonyl (C=O) groups is 2. The zero-order valence-corrected chi connectivity index (χ0v) is 13.8. The number of H-pyrrole nitrogens is 1. The highest BCUT2D eigenvalue weighted by Crippen LogP contribution is 2.15. The summed E-state index contributed by atoms with van der Waals surface area (Å²) in [6.45, 7) is 0.688. The van der Waals surface area contributed by atoms with Crippen LogP contribution in [0.25, 0.3) is 0 Å². The van der Waals surface area contributed by atoms with Crippen LogP contribution in [0.3, 0.4) is 0 Å². The molecule has 2 amide bonds. The number of rotatable bonds is 10. The van der Waals surface area contributed by atoms with Gasteiger partial charge < -0.3 is 15.4 Å². The van der Waals surface area contributed by atoms with Crippen molar-refractivity contribution >= 4 is 17.5 Å². The van der Waals surface area contributed by atoms with Gasteiger partial charge >= 0.3 is 0 Å². The predicted molar refractivity (Wildman–Crippen MR) is 90.6 cm³/mol. The van der Waals surface area contributed by atoms with Gasteiger partial charge in [0.05, 0.1) is 18.5 Å². The molecule has 25 heavy (non-hydrogen) atoms. The molecule has 1 aromatic carbocycles. The van der Waals surface area contributed by atoms with Gasteiger partial charge in [0.2, 0.25) is 11.8 Å². The lowest BCUT2D eigenvalue weighted by Gasteiger charge is -2.07. The van der Waals surface area contributed by atoms with Gasteiger partial charge in [0.25, 0.3) is 0 Å². The van der Waals surface area contributed by atoms with E-state index < -0.39 is 5.82 Å². The maximum Gasteiger partial charge on any atom is 0.224 e. The summed E-state index contributed by atoms with van der Waals surface area (Å²) in [4.78, 5) is 23.3. The Morgan fingerprint density at radius 1 is 1.16 bits per heavy atom. The van der Waals surface area contributed by atoms with Gasteiger partial charge in [-0.3, -0.25) is 14.7 Å². The lowest BCUT2D eigenvalue weighted by Crippen LogP contribution is -2.25. The third-order valence-corrected chi connectivity index (χ3v) is 3.33. The van der Waals surface area contributed by atoms with E-state index in [4.69, 9.17) is 4.74 Å². The second kappa shape index (κ2) is 10.1. The molecule has 0 atom stereocenters. The molecule has 0 saturated carbocycles. The Balaban J connectivity index is 1.49. The lowest BCUT2D eigenvalue weighted by atomic mass is 10.2. The Morgan fingerprint density at radius 2 is 1.96 bits per heavy atom. The lowest BCUT2D eigenvalue weighted by molar-refractivity contribution is -0.121. The Labute approximate surface area is 145 Å². The number of nitrogens with one attached hydrogen (secondary N) is 3. The van der Waals surface area contributed by atoms with Crippen LogP contribution in [0.2, 0.25) is 0 Å². The molecule has 0 radical (unpaired) electrons. The minimum Gasteiger partial charge on any atom is -0.491 e. The summed E-state index contributed by atoms with van der Waals surface area (Å²) in [5.41, 5.74) is 0.615. The highest BCUT2D eigenvalue weighted by molar-refractivity contribution is 5.90. The van der Waals surface area contributed by atoms with Crippen molar-refractivity contribution in [1.29, 1.82) is 0 Å². The van der Waals surface area contributed by atoms with E-state index in [0.717, 1.165) is 0 Å². The fraction of sp³-hybridized carbons (Fsp3) is 0.353. The average Bonchev–Trinajstić information content (AvgIpc) is 3.10. The summed E-state index contributed by atoms with van der Waals surface area (Å²) in [7, 11) is 0. The first-order valence-electron chi connectivity index (χ1n) is 8.08. The van der Waals surface area contributed by atoms with E-state index >= 15 is 0 Å². The van der Waals surface area contributed by atoms with E-state index in [1.807, 2.05) is 0 Å². The fourth-order valence-corrected chi connectivity index (χ4v) is 2.08. The molecule has 8 heteroatoms. The van der Waals surface area contributed by atoms with Gasteiger partial charge in [0.1, 0.15) is 0 Å². The molecule has 2 aromatic rings. The van der Waals surface area contributed by atoms with Crippen molar-refractivity contribution in [3.8, 4) is 5.75 Å². The number of ether oxygens (including phenoxy) is 1. The van der Waals surface area contributed by atoms with Crippen LogP contribution in [0.5, 0.6) is 5.75 Å². The summed E-state index contributed by atoms with van der Waals surface area (Å²) >= 11 is 0. The Morgan fingerprint density at radius 3 is 2.72 bits per heavy atom. The molecular formula is C17H21FN4O3. The van der Waals surface area contributed by atoms with Crippen molar-refractivity contribution in [2.24, 2.45) is 0 Å². The van der Waals surface area contributed by atoms with E-state index in [-0.39, 0.29) is 30.6 Å². The number of para-hydroxylation sites is 1. The number of carbonyl (C=O) groups excluding carboxylic acids is 2. The van der Waals surface area contributed by atoms with Crippen molar-refractivity contribution in [1.82, 2.24) is 15.5 Å². The van der Waals surface area contributed by atoms with Gasteiger partial charge in [-0.25, -0.2) is 4.39 Å². The topological polar surface area (TPSA) is 96.1 Å². The van der Waals surface area contributed by atoms with Crippen LogP contribution in [0.4, 0.5) is 10.1 Å². The van der Waals surface area contributed by atoms with Gasteiger partial charge in [-0.2, -0.15) is 5.10 Å². The first kappa shape index (κ1) is 18.4. The van der Waals surface area contributed by atoms with Crippen LogP contribution in [-0.4, -0.2) is 35.2 Å². The van der Waals surface area contributed by atoms with Gasteiger partial charge in [-0.15, -0.1) is 0 Å². The van der Waals surface area contributed by atoms with Gasteiger partial charge in [0, 0.05) is 25.6 Å². The maximum atomic E-state index is 13.3. The minimum atomic E-state index is -0.416. The number of anilines is 1. The summed E-state index contributed by atoms with van der Waals surface area (Å²) in [5, 5.41) is 11.7. The number of aromatic nitrogens is 2. The second-order valence-electron chi connectivity index (χ2n) is 5.37. The van der Waals surface area contributed by atoms with Gasteiger partial charge in [0.15, 0.2) is 11.6 Å². The molecule has 0 aliphatic rings. The Bertz CT molecular complexity index is 676. The molecule has 0 aliphatic carbocycles. The van der Waals surface area contributed by atoms with Crippen molar-refractivity contribution in [2.75, 3.05) is 18.5 Å². The van der Waals surface area contributed by atoms with Crippen molar-refractivity contribution in [2.45, 2.75) is 25.7 Å². The smallest absolute Gasteiger partial charge is 0.224 e. The molecule has 0 fully saturated rings. The first-order valence-corrected chi connectivity index (χ1v) is 8.08. The van der Waals surface area contributed by atoms with Crippen LogP contribution in [0.1, 0.15) is 25.7 Å². The summed E-state index contributed by atoms with van der Waals surface area (Å²) < 4.78 is 18.6. The first-order chi connectivity index (χ1) is 12.1. The standard InChI is InChI=1S/C17H21FN4O3/c18-14-5-1-2-6-15(14)25-10-4-8-16(23)19-9-3-7-17(24)22-13-11-20-21-12-13/h1-2,5-6,11-12H,3-4,7-10H2,(H,19,23)(H,20,21)(H,22,24). The fourth-order valence-electron chi connectivity index (χ4n) is 2.08. The molecule has 0 aliphatic heterocycles. The van der Waals surface area contributed by atoms with Crippen molar-refractivity contribution in [3.63, 3.8) is 0 Å². The van der Waals surface area contributed by atoms with Crippen LogP contribution in [-0.2, 0) is 9.59 Å². The molecule has 0 spiro atoms. The minimum absolute atomic E-state index is 0.118. The Kier molecular flexibility index (Phi) is 7.42. The average molecular weight is 348 g/mol. The van der Waals surface area contributed by atoms with E-state index in [2.05, 4.69) is 20.8 Å². The number of hydrogen-bond donors (Lipinski definition) is 3. The summed E-state index contributed by atoms with van der Waals surface area (Å²) in [6, 6.07) is 6.15. The molecule has 134 valence electrons. The molecule has 0 bridgehead atoms. The number of amides is 2. The molecule has 1 aromatic heterocycles. The zero-order chi connectivity index (χ0) is 17.9.